The van der Waals surface area contributed by atoms with Gasteiger partial charge in [-0.05, 0) is 70.6 Å². The van der Waals surface area contributed by atoms with E-state index in [1.54, 1.807) is 6.08 Å². The van der Waals surface area contributed by atoms with Gasteiger partial charge in [-0.15, -0.1) is 0 Å². The average molecular weight is 1230 g/mol. The van der Waals surface area contributed by atoms with Crippen LogP contribution < -0.4 is 5.32 Å². The lowest BCUT2D eigenvalue weighted by atomic mass is 9.99. The summed E-state index contributed by atoms with van der Waals surface area (Å²) in [7, 11) is 0. The van der Waals surface area contributed by atoms with Crippen LogP contribution in [0, 0.1) is 0 Å². The lowest BCUT2D eigenvalue weighted by Gasteiger charge is -2.41. The van der Waals surface area contributed by atoms with Crippen molar-refractivity contribution in [2.24, 2.45) is 0 Å². The first-order chi connectivity index (χ1) is 42.7. The number of carbonyl (C=O) groups excluding carboxylic acids is 2. The summed E-state index contributed by atoms with van der Waals surface area (Å²) in [6, 6.07) is -1.02. The van der Waals surface area contributed by atoms with Crippen molar-refractivity contribution in [2.45, 2.75) is 397 Å². The second-order valence-electron chi connectivity index (χ2n) is 25.7. The molecule has 11 heteroatoms. The highest BCUT2D eigenvalue weighted by atomic mass is 16.7. The Morgan fingerprint density at radius 2 is 0.793 bits per heavy atom. The zero-order valence-corrected chi connectivity index (χ0v) is 56.6. The van der Waals surface area contributed by atoms with Crippen LogP contribution in [-0.4, -0.2) is 99.6 Å². The summed E-state index contributed by atoms with van der Waals surface area (Å²) in [6.07, 6.45) is 71.1. The Bertz CT molecular complexity index is 1650. The molecule has 8 atom stereocenters. The van der Waals surface area contributed by atoms with Gasteiger partial charge in [0.25, 0.3) is 0 Å². The zero-order chi connectivity index (χ0) is 63.1. The van der Waals surface area contributed by atoms with Crippen LogP contribution in [0.25, 0.3) is 0 Å². The molecule has 0 radical (unpaired) electrons. The summed E-state index contributed by atoms with van der Waals surface area (Å²) in [5.74, 6) is -1.18. The molecule has 0 aromatic rings. The summed E-state index contributed by atoms with van der Waals surface area (Å²) in [5, 5.41) is 57.3. The molecule has 508 valence electrons. The lowest BCUT2D eigenvalue weighted by Crippen LogP contribution is -2.61. The van der Waals surface area contributed by atoms with E-state index in [1.165, 1.54) is 218 Å². The van der Waals surface area contributed by atoms with Gasteiger partial charge in [-0.3, -0.25) is 9.59 Å². The topological polar surface area (TPSA) is 175 Å². The number of hydrogen-bond donors (Lipinski definition) is 6. The molecule has 1 fully saturated rings. The Kier molecular flexibility index (Phi) is 60.1. The number of rotatable bonds is 64. The molecule has 0 aromatic carbocycles. The quantitative estimate of drug-likeness (QED) is 0.0195. The maximum absolute atomic E-state index is 13.5. The second kappa shape index (κ2) is 63.5. The van der Waals surface area contributed by atoms with Gasteiger partial charge in [0.05, 0.1) is 25.4 Å². The number of ether oxygens (including phenoxy) is 3. The molecule has 0 spiro atoms. The highest BCUT2D eigenvalue weighted by molar-refractivity contribution is 5.80. The van der Waals surface area contributed by atoms with E-state index >= 15 is 0 Å². The van der Waals surface area contributed by atoms with Gasteiger partial charge in [0, 0.05) is 6.42 Å². The van der Waals surface area contributed by atoms with Gasteiger partial charge >= 0.3 is 5.97 Å². The number of unbranched alkanes of at least 4 members (excludes halogenated alkanes) is 42. The van der Waals surface area contributed by atoms with Gasteiger partial charge in [-0.1, -0.05) is 332 Å². The number of esters is 1. The summed E-state index contributed by atoms with van der Waals surface area (Å²) in [5.41, 5.74) is 0. The highest BCUT2D eigenvalue weighted by Gasteiger charge is 2.47. The van der Waals surface area contributed by atoms with Gasteiger partial charge in [0.2, 0.25) is 5.91 Å². The van der Waals surface area contributed by atoms with Crippen molar-refractivity contribution < 1.29 is 49.3 Å². The van der Waals surface area contributed by atoms with E-state index in [9.17, 15) is 35.1 Å². The maximum Gasteiger partial charge on any atom is 0.306 e. The predicted octanol–water partition coefficient (Wildman–Crippen LogP) is 19.3. The Labute approximate surface area is 535 Å². The van der Waals surface area contributed by atoms with E-state index < -0.39 is 67.4 Å². The van der Waals surface area contributed by atoms with Crippen LogP contribution in [-0.2, 0) is 23.8 Å². The van der Waals surface area contributed by atoms with E-state index in [1.807, 2.05) is 6.08 Å². The molecule has 1 saturated heterocycles. The van der Waals surface area contributed by atoms with Crippen molar-refractivity contribution >= 4 is 11.9 Å². The fraction of sp³-hybridized carbons (Fsp3) is 0.842. The van der Waals surface area contributed by atoms with Crippen molar-refractivity contribution in [3.05, 3.63) is 60.8 Å². The number of hydrogen-bond acceptors (Lipinski definition) is 10. The molecule has 1 rings (SSSR count). The fourth-order valence-electron chi connectivity index (χ4n) is 11.6. The highest BCUT2D eigenvalue weighted by Crippen LogP contribution is 2.26. The third kappa shape index (κ3) is 50.7. The van der Waals surface area contributed by atoms with Gasteiger partial charge < -0.3 is 45.1 Å². The number of amides is 1. The van der Waals surface area contributed by atoms with Crippen LogP contribution in [0.1, 0.15) is 348 Å². The Hall–Kier alpha value is -2.64. The van der Waals surface area contributed by atoms with E-state index in [0.717, 1.165) is 83.5 Å². The van der Waals surface area contributed by atoms with E-state index in [4.69, 9.17) is 14.2 Å². The van der Waals surface area contributed by atoms with Crippen LogP contribution in [0.5, 0.6) is 0 Å². The SMILES string of the molecule is CCCCC/C=C\C/C=C\C/C=C\C/C=C\CCCCCCCCCCCCCC(=O)OC1C(OCC(NC(=O)C(O)CCCCCCCCCCCCCCCCCCCC)C(O)/C=C/CCCCCCCCCCCCC)OC(CO)C(O)C1O. The standard InChI is InChI=1S/C76H139NO10/c1-4-7-10-13-16-19-22-25-27-29-31-32-33-34-35-36-37-38-39-41-43-46-49-52-55-58-61-64-71(81)87-74-73(83)72(82)70(65-78)86-76(74)85-66-67(68(79)62-59-56-53-50-47-44-24-21-18-15-12-9-6-3)77-75(84)69(80)63-60-57-54-51-48-45-42-40-30-28-26-23-20-17-14-11-8-5-2/h16,19,25,27,31-32,34-35,59,62,67-70,72-74,76,78-80,82-83H,4-15,17-18,20-24,26,28-30,33,36-58,60-61,63-66H2,1-3H3,(H,77,84)/b19-16-,27-25-,32-31-,35-34-,62-59+. The number of carbonyl (C=O) groups is 2. The Balaban J connectivity index is 2.55. The first kappa shape index (κ1) is 82.4. The largest absolute Gasteiger partial charge is 0.454 e. The van der Waals surface area contributed by atoms with Crippen molar-refractivity contribution in [3.8, 4) is 0 Å². The van der Waals surface area contributed by atoms with Gasteiger partial charge in [-0.25, -0.2) is 0 Å². The second-order valence-corrected chi connectivity index (χ2v) is 25.7. The third-order valence-electron chi connectivity index (χ3n) is 17.4. The minimum absolute atomic E-state index is 0.120. The summed E-state index contributed by atoms with van der Waals surface area (Å²) >= 11 is 0. The monoisotopic (exact) mass is 1230 g/mol. The Morgan fingerprint density at radius 3 is 1.21 bits per heavy atom. The first-order valence-corrected chi connectivity index (χ1v) is 37.1. The lowest BCUT2D eigenvalue weighted by molar-refractivity contribution is -0.305. The molecule has 11 nitrogen and oxygen atoms in total. The van der Waals surface area contributed by atoms with E-state index in [-0.39, 0.29) is 13.0 Å². The molecule has 8 unspecified atom stereocenters. The smallest absolute Gasteiger partial charge is 0.306 e. The molecular formula is C76H139NO10. The van der Waals surface area contributed by atoms with Crippen LogP contribution in [0.4, 0.5) is 0 Å². The molecule has 87 heavy (non-hydrogen) atoms. The minimum atomic E-state index is -1.62. The maximum atomic E-state index is 13.5. The van der Waals surface area contributed by atoms with E-state index in [2.05, 4.69) is 74.7 Å². The molecule has 0 aromatic heterocycles. The van der Waals surface area contributed by atoms with Crippen molar-refractivity contribution in [3.63, 3.8) is 0 Å². The van der Waals surface area contributed by atoms with Crippen molar-refractivity contribution in [1.29, 1.82) is 0 Å². The normalized spacial score (nSPS) is 18.6. The van der Waals surface area contributed by atoms with Crippen molar-refractivity contribution in [2.75, 3.05) is 13.2 Å². The molecule has 0 saturated carbocycles. The summed E-state index contributed by atoms with van der Waals surface area (Å²) in [6.45, 7) is 5.81. The minimum Gasteiger partial charge on any atom is -0.454 e. The summed E-state index contributed by atoms with van der Waals surface area (Å²) in [4.78, 5) is 26.7. The van der Waals surface area contributed by atoms with Gasteiger partial charge in [-0.2, -0.15) is 0 Å². The molecule has 1 aliphatic heterocycles. The van der Waals surface area contributed by atoms with Gasteiger partial charge in [0.1, 0.15) is 24.4 Å². The molecular weight excluding hydrogens is 1090 g/mol. The zero-order valence-electron chi connectivity index (χ0n) is 56.6. The summed E-state index contributed by atoms with van der Waals surface area (Å²) < 4.78 is 17.7. The van der Waals surface area contributed by atoms with Crippen LogP contribution in [0.15, 0.2) is 60.8 Å². The number of allylic oxidation sites excluding steroid dienone is 9. The molecule has 0 bridgehead atoms. The molecule has 1 aliphatic rings. The van der Waals surface area contributed by atoms with E-state index in [0.29, 0.717) is 19.3 Å². The average Bonchev–Trinajstić information content (AvgIpc) is 2.51. The van der Waals surface area contributed by atoms with Crippen LogP contribution in [0.3, 0.4) is 0 Å². The fourth-order valence-corrected chi connectivity index (χ4v) is 11.6. The molecule has 0 aliphatic carbocycles. The number of aliphatic hydroxyl groups is 5. The Morgan fingerprint density at radius 1 is 0.448 bits per heavy atom. The molecule has 1 heterocycles. The molecule has 1 amide bonds. The third-order valence-corrected chi connectivity index (χ3v) is 17.4. The first-order valence-electron chi connectivity index (χ1n) is 37.1. The molecule has 6 N–H and O–H groups in total. The number of nitrogens with one attached hydrogen (secondary N) is 1. The van der Waals surface area contributed by atoms with Crippen molar-refractivity contribution in [1.82, 2.24) is 5.32 Å². The van der Waals surface area contributed by atoms with Crippen LogP contribution in [0.2, 0.25) is 0 Å². The van der Waals surface area contributed by atoms with Gasteiger partial charge in [0.15, 0.2) is 12.4 Å². The number of aliphatic hydroxyl groups excluding tert-OH is 5. The van der Waals surface area contributed by atoms with Crippen LogP contribution >= 0.6 is 0 Å². The predicted molar refractivity (Wildman–Crippen MR) is 366 cm³/mol.